The number of hydrogen-bond acceptors (Lipinski definition) is 2. The zero-order valence-corrected chi connectivity index (χ0v) is 14.6. The van der Waals surface area contributed by atoms with Gasteiger partial charge in [-0.2, -0.15) is 0 Å². The Bertz CT molecular complexity index is 884. The highest BCUT2D eigenvalue weighted by Gasteiger charge is 2.05. The van der Waals surface area contributed by atoms with Crippen molar-refractivity contribution >= 4 is 28.8 Å². The lowest BCUT2D eigenvalue weighted by Gasteiger charge is -2.07. The summed E-state index contributed by atoms with van der Waals surface area (Å²) >= 11 is 6.16. The van der Waals surface area contributed by atoms with E-state index in [0.717, 1.165) is 28.9 Å². The van der Waals surface area contributed by atoms with Crippen molar-refractivity contribution in [3.8, 4) is 0 Å². The van der Waals surface area contributed by atoms with Crippen molar-refractivity contribution in [2.24, 2.45) is 0 Å². The molecular formula is C20H18ClN3O. The second-order valence-corrected chi connectivity index (χ2v) is 6.14. The molecule has 0 spiro atoms. The third-order valence-electron chi connectivity index (χ3n) is 3.79. The van der Waals surface area contributed by atoms with Gasteiger partial charge in [0.25, 0.3) is 0 Å². The number of nitrogens with zero attached hydrogens (tertiary/aromatic N) is 2. The number of carbonyl (C=O) groups excluding carboxylic acids is 1. The number of amides is 1. The van der Waals surface area contributed by atoms with Crippen molar-refractivity contribution in [1.29, 1.82) is 0 Å². The van der Waals surface area contributed by atoms with Crippen LogP contribution in [0, 0.1) is 0 Å². The second-order valence-electron chi connectivity index (χ2n) is 5.73. The molecule has 3 aromatic rings. The van der Waals surface area contributed by atoms with Gasteiger partial charge in [0.2, 0.25) is 5.91 Å². The van der Waals surface area contributed by atoms with E-state index in [1.54, 1.807) is 18.6 Å². The first-order chi connectivity index (χ1) is 12.1. The van der Waals surface area contributed by atoms with Gasteiger partial charge in [-0.1, -0.05) is 41.9 Å². The number of carbonyl (C=O) groups is 1. The summed E-state index contributed by atoms with van der Waals surface area (Å²) in [5.74, 6) is -0.181. The maximum atomic E-state index is 12.2. The van der Waals surface area contributed by atoms with Crippen LogP contribution < -0.4 is 5.32 Å². The molecule has 0 radical (unpaired) electrons. The molecule has 2 aromatic carbocycles. The summed E-state index contributed by atoms with van der Waals surface area (Å²) in [6.07, 6.45) is 7.00. The lowest BCUT2D eigenvalue weighted by atomic mass is 10.1. The Morgan fingerprint density at radius 3 is 2.64 bits per heavy atom. The van der Waals surface area contributed by atoms with Gasteiger partial charge in [0.05, 0.1) is 6.33 Å². The zero-order chi connectivity index (χ0) is 17.6. The Hall–Kier alpha value is -2.85. The molecule has 3 rings (SSSR count). The maximum absolute atomic E-state index is 12.2. The molecule has 0 bridgehead atoms. The average Bonchev–Trinajstić information content (AvgIpc) is 3.10. The standard InChI is InChI=1S/C20H18ClN3O/c1-15(18-4-2-3-5-19(18)21)12-20(25)23-17-8-6-16(7-9-17)13-24-11-10-22-14-24/h2-12,14H,13H2,1H3,(H,23,25)/b15-12-. The van der Waals surface area contributed by atoms with Crippen molar-refractivity contribution in [3.05, 3.63) is 89.5 Å². The SMILES string of the molecule is C/C(=C/C(=O)Nc1ccc(Cn2ccnc2)cc1)c1ccccc1Cl. The molecule has 25 heavy (non-hydrogen) atoms. The second kappa shape index (κ2) is 7.81. The van der Waals surface area contributed by atoms with Crippen molar-refractivity contribution in [3.63, 3.8) is 0 Å². The number of aromatic nitrogens is 2. The molecule has 1 N–H and O–H groups in total. The van der Waals surface area contributed by atoms with E-state index in [1.807, 2.05) is 66.2 Å². The fraction of sp³-hybridized carbons (Fsp3) is 0.100. The molecule has 1 amide bonds. The molecule has 1 heterocycles. The predicted octanol–water partition coefficient (Wildman–Crippen LogP) is 4.63. The molecule has 1 aromatic heterocycles. The smallest absolute Gasteiger partial charge is 0.248 e. The van der Waals surface area contributed by atoms with Crippen LogP contribution in [0.3, 0.4) is 0 Å². The number of nitrogens with one attached hydrogen (secondary N) is 1. The molecule has 0 atom stereocenters. The third-order valence-corrected chi connectivity index (χ3v) is 4.12. The van der Waals surface area contributed by atoms with Gasteiger partial charge in [-0.05, 0) is 41.8 Å². The van der Waals surface area contributed by atoms with Crippen molar-refractivity contribution in [2.45, 2.75) is 13.5 Å². The van der Waals surface area contributed by atoms with Crippen LogP contribution in [0.1, 0.15) is 18.1 Å². The molecule has 0 saturated carbocycles. The summed E-state index contributed by atoms with van der Waals surface area (Å²) in [5, 5.41) is 3.50. The monoisotopic (exact) mass is 351 g/mol. The van der Waals surface area contributed by atoms with E-state index in [2.05, 4.69) is 10.3 Å². The zero-order valence-electron chi connectivity index (χ0n) is 13.8. The Balaban J connectivity index is 1.64. The van der Waals surface area contributed by atoms with E-state index in [0.29, 0.717) is 5.02 Å². The Labute approximate surface area is 151 Å². The summed E-state index contributed by atoms with van der Waals surface area (Å²) in [6, 6.07) is 15.2. The van der Waals surface area contributed by atoms with Crippen LogP contribution in [-0.4, -0.2) is 15.5 Å². The number of allylic oxidation sites excluding steroid dienone is 1. The minimum Gasteiger partial charge on any atom is -0.333 e. The van der Waals surface area contributed by atoms with Crippen LogP contribution in [0.15, 0.2) is 73.3 Å². The van der Waals surface area contributed by atoms with Gasteiger partial charge >= 0.3 is 0 Å². The summed E-state index contributed by atoms with van der Waals surface area (Å²) in [5.41, 5.74) is 3.57. The third kappa shape index (κ3) is 4.58. The highest BCUT2D eigenvalue weighted by Crippen LogP contribution is 2.23. The van der Waals surface area contributed by atoms with E-state index in [9.17, 15) is 4.79 Å². The molecule has 0 aliphatic heterocycles. The lowest BCUT2D eigenvalue weighted by Crippen LogP contribution is -2.08. The molecule has 126 valence electrons. The molecular weight excluding hydrogens is 334 g/mol. The topological polar surface area (TPSA) is 46.9 Å². The molecule has 0 aliphatic rings. The molecule has 0 unspecified atom stereocenters. The predicted molar refractivity (Wildman–Crippen MR) is 102 cm³/mol. The highest BCUT2D eigenvalue weighted by molar-refractivity contribution is 6.32. The number of anilines is 1. The van der Waals surface area contributed by atoms with Gasteiger partial charge in [0.15, 0.2) is 0 Å². The van der Waals surface area contributed by atoms with Gasteiger partial charge in [-0.15, -0.1) is 0 Å². The number of halogens is 1. The van der Waals surface area contributed by atoms with Crippen molar-refractivity contribution < 1.29 is 4.79 Å². The van der Waals surface area contributed by atoms with Gasteiger partial charge in [-0.3, -0.25) is 4.79 Å². The average molecular weight is 352 g/mol. The van der Waals surface area contributed by atoms with Crippen LogP contribution in [0.25, 0.3) is 5.57 Å². The number of hydrogen-bond donors (Lipinski definition) is 1. The van der Waals surface area contributed by atoms with Crippen molar-refractivity contribution in [2.75, 3.05) is 5.32 Å². The normalized spacial score (nSPS) is 11.4. The minimum absolute atomic E-state index is 0.181. The minimum atomic E-state index is -0.181. The number of rotatable bonds is 5. The molecule has 5 heteroatoms. The van der Waals surface area contributed by atoms with Crippen LogP contribution in [0.5, 0.6) is 0 Å². The summed E-state index contributed by atoms with van der Waals surface area (Å²) in [7, 11) is 0. The largest absolute Gasteiger partial charge is 0.333 e. The fourth-order valence-corrected chi connectivity index (χ4v) is 2.80. The Morgan fingerprint density at radius 2 is 1.96 bits per heavy atom. The van der Waals surface area contributed by atoms with Crippen LogP contribution in [0.4, 0.5) is 5.69 Å². The van der Waals surface area contributed by atoms with E-state index in [-0.39, 0.29) is 5.91 Å². The van der Waals surface area contributed by atoms with Gasteiger partial charge in [-0.25, -0.2) is 4.98 Å². The van der Waals surface area contributed by atoms with Crippen LogP contribution in [-0.2, 0) is 11.3 Å². The van der Waals surface area contributed by atoms with Crippen LogP contribution >= 0.6 is 11.6 Å². The first-order valence-electron chi connectivity index (χ1n) is 7.91. The van der Waals surface area contributed by atoms with E-state index in [1.165, 1.54) is 0 Å². The Morgan fingerprint density at radius 1 is 1.20 bits per heavy atom. The van der Waals surface area contributed by atoms with Gasteiger partial charge in [0, 0.05) is 35.7 Å². The van der Waals surface area contributed by atoms with Gasteiger partial charge in [0.1, 0.15) is 0 Å². The lowest BCUT2D eigenvalue weighted by molar-refractivity contribution is -0.111. The summed E-state index contributed by atoms with van der Waals surface area (Å²) in [6.45, 7) is 2.62. The number of imidazole rings is 1. The van der Waals surface area contributed by atoms with Crippen molar-refractivity contribution in [1.82, 2.24) is 9.55 Å². The summed E-state index contributed by atoms with van der Waals surface area (Å²) < 4.78 is 1.99. The Kier molecular flexibility index (Phi) is 5.31. The highest BCUT2D eigenvalue weighted by atomic mass is 35.5. The van der Waals surface area contributed by atoms with E-state index in [4.69, 9.17) is 11.6 Å². The van der Waals surface area contributed by atoms with Crippen LogP contribution in [0.2, 0.25) is 5.02 Å². The first-order valence-corrected chi connectivity index (χ1v) is 8.28. The maximum Gasteiger partial charge on any atom is 0.248 e. The summed E-state index contributed by atoms with van der Waals surface area (Å²) in [4.78, 5) is 16.2. The quantitative estimate of drug-likeness (QED) is 0.681. The molecule has 0 aliphatic carbocycles. The molecule has 0 fully saturated rings. The van der Waals surface area contributed by atoms with Gasteiger partial charge < -0.3 is 9.88 Å². The van der Waals surface area contributed by atoms with E-state index >= 15 is 0 Å². The number of benzene rings is 2. The fourth-order valence-electron chi connectivity index (χ4n) is 2.52. The first kappa shape index (κ1) is 17.0. The molecule has 0 saturated heterocycles. The molecule has 4 nitrogen and oxygen atoms in total. The van der Waals surface area contributed by atoms with E-state index < -0.39 is 0 Å².